The highest BCUT2D eigenvalue weighted by atomic mass is 19.3. The fourth-order valence-corrected chi connectivity index (χ4v) is 2.54. The van der Waals surface area contributed by atoms with Gasteiger partial charge < -0.3 is 10.4 Å². The molecule has 0 aliphatic rings. The third-order valence-corrected chi connectivity index (χ3v) is 3.42. The van der Waals surface area contributed by atoms with E-state index in [0.29, 0.717) is 13.1 Å². The Labute approximate surface area is 119 Å². The van der Waals surface area contributed by atoms with Gasteiger partial charge in [0, 0.05) is 25.0 Å². The number of nitrogens with one attached hydrogen (secondary N) is 1. The summed E-state index contributed by atoms with van der Waals surface area (Å²) < 4.78 is 25.3. The summed E-state index contributed by atoms with van der Waals surface area (Å²) in [7, 11) is 1.85. The van der Waals surface area contributed by atoms with Gasteiger partial charge in [0.05, 0.1) is 13.2 Å². The molecule has 2 N–H and O–H groups in total. The van der Waals surface area contributed by atoms with E-state index in [1.165, 1.54) is 0 Å². The van der Waals surface area contributed by atoms with Gasteiger partial charge in [0.1, 0.15) is 0 Å². The van der Waals surface area contributed by atoms with E-state index >= 15 is 0 Å². The molecule has 0 spiro atoms. The molecule has 5 heteroatoms. The molecule has 20 heavy (non-hydrogen) atoms. The van der Waals surface area contributed by atoms with Crippen molar-refractivity contribution in [1.29, 1.82) is 0 Å². The molecular formula is C15H24F2N2O. The van der Waals surface area contributed by atoms with E-state index in [1.807, 2.05) is 37.4 Å². The lowest BCUT2D eigenvalue weighted by Gasteiger charge is -2.35. The van der Waals surface area contributed by atoms with Gasteiger partial charge in [-0.2, -0.15) is 0 Å². The van der Waals surface area contributed by atoms with Gasteiger partial charge in [-0.05, 0) is 12.6 Å². The maximum Gasteiger partial charge on any atom is 0.251 e. The maximum atomic E-state index is 12.6. The van der Waals surface area contributed by atoms with Crippen LogP contribution in [0.3, 0.4) is 0 Å². The number of rotatable bonds is 9. The zero-order valence-corrected chi connectivity index (χ0v) is 12.1. The predicted molar refractivity (Wildman–Crippen MR) is 77.3 cm³/mol. The largest absolute Gasteiger partial charge is 0.395 e. The van der Waals surface area contributed by atoms with Crippen molar-refractivity contribution >= 4 is 0 Å². The normalized spacial score (nSPS) is 14.8. The Balaban J connectivity index is 2.88. The van der Waals surface area contributed by atoms with Crippen molar-refractivity contribution in [2.75, 3.05) is 39.8 Å². The standard InChI is InChI=1S/C15H24F2N2O/c1-15(11-18-2,13-6-4-3-5-7-13)12-19(8-9-20)10-14(16)17/h3-7,14,18,20H,8-12H2,1-2H3. The van der Waals surface area contributed by atoms with Gasteiger partial charge in [0.25, 0.3) is 6.43 Å². The van der Waals surface area contributed by atoms with Crippen molar-refractivity contribution in [1.82, 2.24) is 10.2 Å². The number of alkyl halides is 2. The van der Waals surface area contributed by atoms with Crippen molar-refractivity contribution < 1.29 is 13.9 Å². The lowest BCUT2D eigenvalue weighted by atomic mass is 9.81. The second-order valence-corrected chi connectivity index (χ2v) is 5.31. The number of aliphatic hydroxyl groups excluding tert-OH is 1. The lowest BCUT2D eigenvalue weighted by molar-refractivity contribution is 0.0667. The zero-order chi connectivity index (χ0) is 15.0. The summed E-state index contributed by atoms with van der Waals surface area (Å²) in [5.41, 5.74) is 0.826. The van der Waals surface area contributed by atoms with Crippen molar-refractivity contribution in [2.24, 2.45) is 0 Å². The Morgan fingerprint density at radius 3 is 2.45 bits per heavy atom. The van der Waals surface area contributed by atoms with Gasteiger partial charge >= 0.3 is 0 Å². The van der Waals surface area contributed by atoms with E-state index in [0.717, 1.165) is 5.56 Å². The fourth-order valence-electron chi connectivity index (χ4n) is 2.54. The van der Waals surface area contributed by atoms with Crippen LogP contribution >= 0.6 is 0 Å². The van der Waals surface area contributed by atoms with E-state index in [1.54, 1.807) is 4.90 Å². The van der Waals surface area contributed by atoms with E-state index in [4.69, 9.17) is 5.11 Å². The third kappa shape index (κ3) is 5.15. The first kappa shape index (κ1) is 17.0. The Kier molecular flexibility index (Phi) is 7.05. The highest BCUT2D eigenvalue weighted by Crippen LogP contribution is 2.24. The second kappa shape index (κ2) is 8.29. The van der Waals surface area contributed by atoms with Gasteiger partial charge in [-0.3, -0.25) is 4.90 Å². The van der Waals surface area contributed by atoms with Crippen LogP contribution in [0.15, 0.2) is 30.3 Å². The van der Waals surface area contributed by atoms with Crippen molar-refractivity contribution in [3.63, 3.8) is 0 Å². The maximum absolute atomic E-state index is 12.6. The molecule has 1 aromatic rings. The molecular weight excluding hydrogens is 262 g/mol. The highest BCUT2D eigenvalue weighted by molar-refractivity contribution is 5.25. The lowest BCUT2D eigenvalue weighted by Crippen LogP contribution is -2.47. The van der Waals surface area contributed by atoms with Crippen molar-refractivity contribution in [3.05, 3.63) is 35.9 Å². The molecule has 0 bridgehead atoms. The van der Waals surface area contributed by atoms with Crippen LogP contribution in [-0.2, 0) is 5.41 Å². The Hall–Kier alpha value is -1.04. The summed E-state index contributed by atoms with van der Waals surface area (Å²) in [6, 6.07) is 9.86. The van der Waals surface area contributed by atoms with E-state index in [2.05, 4.69) is 12.2 Å². The molecule has 0 saturated heterocycles. The SMILES string of the molecule is CNCC(C)(CN(CCO)CC(F)F)c1ccccc1. The number of likely N-dealkylation sites (N-methyl/N-ethyl adjacent to an activating group) is 1. The van der Waals surface area contributed by atoms with Gasteiger partial charge in [-0.15, -0.1) is 0 Å². The van der Waals surface area contributed by atoms with E-state index < -0.39 is 6.43 Å². The molecule has 3 nitrogen and oxygen atoms in total. The number of hydrogen-bond acceptors (Lipinski definition) is 3. The van der Waals surface area contributed by atoms with E-state index in [-0.39, 0.29) is 25.1 Å². The summed E-state index contributed by atoms with van der Waals surface area (Å²) >= 11 is 0. The van der Waals surface area contributed by atoms with Crippen LogP contribution in [0, 0.1) is 0 Å². The van der Waals surface area contributed by atoms with E-state index in [9.17, 15) is 8.78 Å². The topological polar surface area (TPSA) is 35.5 Å². The van der Waals surface area contributed by atoms with Gasteiger partial charge in [0.2, 0.25) is 0 Å². The Morgan fingerprint density at radius 1 is 1.30 bits per heavy atom. The van der Waals surface area contributed by atoms with Gasteiger partial charge in [-0.25, -0.2) is 8.78 Å². The number of nitrogens with zero attached hydrogens (tertiary/aromatic N) is 1. The summed E-state index contributed by atoms with van der Waals surface area (Å²) in [6.45, 7) is 3.04. The molecule has 1 unspecified atom stereocenters. The third-order valence-electron chi connectivity index (χ3n) is 3.42. The molecule has 0 radical (unpaired) electrons. The molecule has 0 fully saturated rings. The monoisotopic (exact) mass is 286 g/mol. The van der Waals surface area contributed by atoms with Crippen LogP contribution in [0.5, 0.6) is 0 Å². The molecule has 0 aliphatic heterocycles. The fraction of sp³-hybridized carbons (Fsp3) is 0.600. The molecule has 0 heterocycles. The molecule has 0 amide bonds. The first-order valence-electron chi connectivity index (χ1n) is 6.83. The van der Waals surface area contributed by atoms with Crippen LogP contribution in [0.4, 0.5) is 8.78 Å². The number of benzene rings is 1. The zero-order valence-electron chi connectivity index (χ0n) is 12.1. The molecule has 0 aromatic heterocycles. The average molecular weight is 286 g/mol. The summed E-state index contributed by atoms with van der Waals surface area (Å²) in [6.07, 6.45) is -2.39. The first-order chi connectivity index (χ1) is 9.51. The number of aliphatic hydroxyl groups is 1. The molecule has 1 aromatic carbocycles. The minimum absolute atomic E-state index is 0.114. The summed E-state index contributed by atoms with van der Waals surface area (Å²) in [5.74, 6) is 0. The van der Waals surface area contributed by atoms with Crippen LogP contribution in [0.1, 0.15) is 12.5 Å². The predicted octanol–water partition coefficient (Wildman–Crippen LogP) is 1.72. The minimum Gasteiger partial charge on any atom is -0.395 e. The van der Waals surface area contributed by atoms with Crippen LogP contribution in [-0.4, -0.2) is 56.3 Å². The second-order valence-electron chi connectivity index (χ2n) is 5.31. The highest BCUT2D eigenvalue weighted by Gasteiger charge is 2.29. The van der Waals surface area contributed by atoms with Crippen LogP contribution < -0.4 is 5.32 Å². The Morgan fingerprint density at radius 2 is 1.95 bits per heavy atom. The van der Waals surface area contributed by atoms with Crippen LogP contribution in [0.25, 0.3) is 0 Å². The molecule has 0 saturated carbocycles. The molecule has 114 valence electrons. The summed E-state index contributed by atoms with van der Waals surface area (Å²) in [5, 5.41) is 12.2. The summed E-state index contributed by atoms with van der Waals surface area (Å²) in [4.78, 5) is 1.62. The molecule has 1 rings (SSSR count). The molecule has 1 atom stereocenters. The van der Waals surface area contributed by atoms with Gasteiger partial charge in [0.15, 0.2) is 0 Å². The number of halogens is 2. The minimum atomic E-state index is -2.39. The average Bonchev–Trinajstić information content (AvgIpc) is 2.39. The van der Waals surface area contributed by atoms with Gasteiger partial charge in [-0.1, -0.05) is 37.3 Å². The van der Waals surface area contributed by atoms with Crippen molar-refractivity contribution in [3.8, 4) is 0 Å². The first-order valence-corrected chi connectivity index (χ1v) is 6.83. The smallest absolute Gasteiger partial charge is 0.251 e. The van der Waals surface area contributed by atoms with Crippen molar-refractivity contribution in [2.45, 2.75) is 18.8 Å². The Bertz CT molecular complexity index is 375. The molecule has 0 aliphatic carbocycles. The number of hydrogen-bond donors (Lipinski definition) is 2. The quantitative estimate of drug-likeness (QED) is 0.725. The van der Waals surface area contributed by atoms with Crippen LogP contribution in [0.2, 0.25) is 0 Å².